The van der Waals surface area contributed by atoms with E-state index in [0.29, 0.717) is 32.8 Å². The highest BCUT2D eigenvalue weighted by molar-refractivity contribution is 5.94. The van der Waals surface area contributed by atoms with E-state index in [9.17, 15) is 9.59 Å². The van der Waals surface area contributed by atoms with E-state index in [1.165, 1.54) is 5.56 Å². The van der Waals surface area contributed by atoms with Gasteiger partial charge < -0.3 is 15.0 Å². The zero-order chi connectivity index (χ0) is 20.9. The van der Waals surface area contributed by atoms with Crippen LogP contribution in [0.5, 0.6) is 5.75 Å². The molecule has 30 heavy (non-hydrogen) atoms. The van der Waals surface area contributed by atoms with Crippen LogP contribution in [-0.2, 0) is 4.79 Å². The predicted octanol–water partition coefficient (Wildman–Crippen LogP) is 3.64. The summed E-state index contributed by atoms with van der Waals surface area (Å²) in [7, 11) is 0. The van der Waals surface area contributed by atoms with Gasteiger partial charge in [-0.25, -0.2) is 4.79 Å². The molecule has 0 bridgehead atoms. The average molecular weight is 408 g/mol. The minimum absolute atomic E-state index is 0.0395. The topological polar surface area (TPSA) is 61.9 Å². The highest BCUT2D eigenvalue weighted by Crippen LogP contribution is 2.32. The molecule has 2 aliphatic heterocycles. The lowest BCUT2D eigenvalue weighted by Gasteiger charge is -2.37. The molecule has 0 unspecified atom stereocenters. The van der Waals surface area contributed by atoms with Crippen molar-refractivity contribution in [2.75, 3.05) is 37.7 Å². The first-order valence-corrected chi connectivity index (χ1v) is 10.7. The van der Waals surface area contributed by atoms with Crippen LogP contribution >= 0.6 is 0 Å². The van der Waals surface area contributed by atoms with Crippen molar-refractivity contribution in [3.63, 3.8) is 0 Å². The number of nitrogens with one attached hydrogen (secondary N) is 1. The van der Waals surface area contributed by atoms with Crippen molar-refractivity contribution in [1.29, 1.82) is 0 Å². The van der Waals surface area contributed by atoms with Crippen molar-refractivity contribution in [2.24, 2.45) is 5.92 Å². The third-order valence-electron chi connectivity index (χ3n) is 5.97. The molecule has 1 saturated heterocycles. The van der Waals surface area contributed by atoms with Gasteiger partial charge >= 0.3 is 6.03 Å². The highest BCUT2D eigenvalue weighted by atomic mass is 16.5. The Morgan fingerprint density at radius 3 is 2.70 bits per heavy atom. The number of hydrogen-bond donors (Lipinski definition) is 1. The first-order valence-electron chi connectivity index (χ1n) is 10.7. The minimum atomic E-state index is -0.165. The van der Waals surface area contributed by atoms with Crippen molar-refractivity contribution in [3.8, 4) is 5.75 Å². The van der Waals surface area contributed by atoms with Crippen LogP contribution in [0.1, 0.15) is 31.2 Å². The van der Waals surface area contributed by atoms with Crippen molar-refractivity contribution in [2.45, 2.75) is 25.7 Å². The average Bonchev–Trinajstić information content (AvgIpc) is 2.82. The first-order chi connectivity index (χ1) is 14.6. The molecule has 6 nitrogen and oxygen atoms in total. The van der Waals surface area contributed by atoms with Crippen LogP contribution < -0.4 is 15.0 Å². The van der Waals surface area contributed by atoms with Crippen molar-refractivity contribution in [1.82, 2.24) is 10.2 Å². The Morgan fingerprint density at radius 2 is 1.87 bits per heavy atom. The quantitative estimate of drug-likeness (QED) is 0.842. The number of piperidine rings is 1. The fourth-order valence-electron chi connectivity index (χ4n) is 4.20. The maximum Gasteiger partial charge on any atom is 0.324 e. The summed E-state index contributed by atoms with van der Waals surface area (Å²) in [4.78, 5) is 29.6. The number of likely N-dealkylation sites (tertiary alicyclic amines) is 1. The van der Waals surface area contributed by atoms with Crippen molar-refractivity contribution < 1.29 is 14.3 Å². The third kappa shape index (κ3) is 4.42. The summed E-state index contributed by atoms with van der Waals surface area (Å²) >= 11 is 0. The van der Waals surface area contributed by atoms with Crippen LogP contribution in [0.3, 0.4) is 0 Å². The van der Waals surface area contributed by atoms with Gasteiger partial charge in [0, 0.05) is 19.6 Å². The number of hydrogen-bond acceptors (Lipinski definition) is 3. The zero-order valence-corrected chi connectivity index (χ0v) is 17.4. The lowest BCUT2D eigenvalue weighted by molar-refractivity contribution is -0.126. The zero-order valence-electron chi connectivity index (χ0n) is 17.4. The maximum atomic E-state index is 13.2. The van der Waals surface area contributed by atoms with Crippen LogP contribution in [0.15, 0.2) is 54.6 Å². The Balaban J connectivity index is 1.35. The summed E-state index contributed by atoms with van der Waals surface area (Å²) in [5.41, 5.74) is 2.02. The second-order valence-electron chi connectivity index (χ2n) is 8.09. The van der Waals surface area contributed by atoms with Gasteiger partial charge in [0.05, 0.1) is 18.2 Å². The molecule has 0 spiro atoms. The van der Waals surface area contributed by atoms with Gasteiger partial charge in [-0.15, -0.1) is 0 Å². The summed E-state index contributed by atoms with van der Waals surface area (Å²) in [6.07, 6.45) is 1.65. The standard InChI is InChI=1S/C24H29N3O3/c1-18(19-8-3-2-4-9-19)16-25-23(28)20-10-7-13-26(17-20)24(29)27-14-15-30-22-12-6-5-11-21(22)27/h2-6,8-9,11-12,18,20H,7,10,13-17H2,1H3,(H,25,28)/t18-,20-/m1/s1. The van der Waals surface area contributed by atoms with Crippen LogP contribution in [0.2, 0.25) is 0 Å². The number of rotatable bonds is 4. The number of nitrogens with zero attached hydrogens (tertiary/aromatic N) is 2. The Labute approximate surface area is 177 Å². The van der Waals surface area contributed by atoms with Crippen LogP contribution in [0, 0.1) is 5.92 Å². The van der Waals surface area contributed by atoms with Gasteiger partial charge in [-0.1, -0.05) is 49.4 Å². The number of benzene rings is 2. The normalized spacial score (nSPS) is 19.4. The number of urea groups is 1. The minimum Gasteiger partial charge on any atom is -0.490 e. The van der Waals surface area contributed by atoms with Gasteiger partial charge in [0.2, 0.25) is 5.91 Å². The van der Waals surface area contributed by atoms with Gasteiger partial charge in [-0.2, -0.15) is 0 Å². The number of carbonyl (C=O) groups excluding carboxylic acids is 2. The molecule has 1 fully saturated rings. The smallest absolute Gasteiger partial charge is 0.324 e. The monoisotopic (exact) mass is 407 g/mol. The molecule has 0 aromatic heterocycles. The largest absolute Gasteiger partial charge is 0.490 e. The lowest BCUT2D eigenvalue weighted by atomic mass is 9.96. The molecule has 2 aromatic carbocycles. The lowest BCUT2D eigenvalue weighted by Crippen LogP contribution is -2.52. The molecule has 3 amide bonds. The van der Waals surface area contributed by atoms with E-state index in [4.69, 9.17) is 4.74 Å². The van der Waals surface area contributed by atoms with E-state index >= 15 is 0 Å². The summed E-state index contributed by atoms with van der Waals surface area (Å²) in [6.45, 7) is 4.87. The summed E-state index contributed by atoms with van der Waals surface area (Å²) < 4.78 is 5.66. The molecule has 2 atom stereocenters. The van der Waals surface area contributed by atoms with Gasteiger partial charge in [0.15, 0.2) is 0 Å². The second kappa shape index (κ2) is 9.20. The van der Waals surface area contributed by atoms with Crippen LogP contribution in [-0.4, -0.2) is 49.6 Å². The Bertz CT molecular complexity index is 886. The fraction of sp³-hybridized carbons (Fsp3) is 0.417. The molecule has 4 rings (SSSR count). The molecule has 1 N–H and O–H groups in total. The highest BCUT2D eigenvalue weighted by Gasteiger charge is 2.33. The number of carbonyl (C=O) groups is 2. The first kappa shape index (κ1) is 20.3. The maximum absolute atomic E-state index is 13.2. The number of anilines is 1. The van der Waals surface area contributed by atoms with Gasteiger partial charge in [0.1, 0.15) is 12.4 Å². The van der Waals surface area contributed by atoms with E-state index in [0.717, 1.165) is 24.3 Å². The van der Waals surface area contributed by atoms with E-state index in [1.807, 2.05) is 47.4 Å². The van der Waals surface area contributed by atoms with E-state index in [2.05, 4.69) is 24.4 Å². The molecule has 0 aliphatic carbocycles. The van der Waals surface area contributed by atoms with Gasteiger partial charge in [-0.05, 0) is 36.5 Å². The molecule has 2 aromatic rings. The van der Waals surface area contributed by atoms with Crippen LogP contribution in [0.4, 0.5) is 10.5 Å². The molecule has 0 radical (unpaired) electrons. The predicted molar refractivity (Wildman–Crippen MR) is 117 cm³/mol. The number of para-hydroxylation sites is 2. The second-order valence-corrected chi connectivity index (χ2v) is 8.09. The van der Waals surface area contributed by atoms with E-state index < -0.39 is 0 Å². The fourth-order valence-corrected chi connectivity index (χ4v) is 4.20. The molecule has 2 heterocycles. The number of fused-ring (bicyclic) bond motifs is 1. The third-order valence-corrected chi connectivity index (χ3v) is 5.97. The molecule has 6 heteroatoms. The SMILES string of the molecule is C[C@H](CNC(=O)[C@@H]1CCCN(C(=O)N2CCOc3ccccc32)C1)c1ccccc1. The Kier molecular flexibility index (Phi) is 6.21. The van der Waals surface area contributed by atoms with Gasteiger partial charge in [0.25, 0.3) is 0 Å². The Hall–Kier alpha value is -3.02. The van der Waals surface area contributed by atoms with E-state index in [1.54, 1.807) is 4.90 Å². The van der Waals surface area contributed by atoms with E-state index in [-0.39, 0.29) is 23.8 Å². The molecular weight excluding hydrogens is 378 g/mol. The molecular formula is C24H29N3O3. The molecule has 0 saturated carbocycles. The molecule has 2 aliphatic rings. The van der Waals surface area contributed by atoms with Gasteiger partial charge in [-0.3, -0.25) is 9.69 Å². The molecule has 158 valence electrons. The Morgan fingerprint density at radius 1 is 1.10 bits per heavy atom. The van der Waals surface area contributed by atoms with Crippen molar-refractivity contribution >= 4 is 17.6 Å². The summed E-state index contributed by atoms with van der Waals surface area (Å²) in [6, 6.07) is 17.8. The summed E-state index contributed by atoms with van der Waals surface area (Å²) in [5, 5.41) is 3.09. The summed E-state index contributed by atoms with van der Waals surface area (Å²) in [5.74, 6) is 0.860. The number of amides is 3. The number of ether oxygens (including phenoxy) is 1. The van der Waals surface area contributed by atoms with Crippen LogP contribution in [0.25, 0.3) is 0 Å². The van der Waals surface area contributed by atoms with Crippen molar-refractivity contribution in [3.05, 3.63) is 60.2 Å².